The number of nitrogens with one attached hydrogen (secondary N) is 1. The van der Waals surface area contributed by atoms with Crippen molar-refractivity contribution in [3.8, 4) is 0 Å². The lowest BCUT2D eigenvalue weighted by molar-refractivity contribution is -0.192. The molecule has 0 unspecified atom stereocenters. The molecule has 0 radical (unpaired) electrons. The van der Waals surface area contributed by atoms with Gasteiger partial charge in [0.1, 0.15) is 0 Å². The molecule has 9 nitrogen and oxygen atoms in total. The highest BCUT2D eigenvalue weighted by atomic mass is 32.1. The van der Waals surface area contributed by atoms with E-state index in [-0.39, 0.29) is 23.5 Å². The van der Waals surface area contributed by atoms with Gasteiger partial charge in [0.25, 0.3) is 0 Å². The minimum Gasteiger partial charge on any atom is -0.475 e. The number of carboxylic acids is 1. The number of aromatic nitrogens is 1. The number of carboxylic acid groups (broad SMARTS) is 1. The Hall–Kier alpha value is -3.06. The van der Waals surface area contributed by atoms with Crippen molar-refractivity contribution in [1.82, 2.24) is 15.2 Å². The summed E-state index contributed by atoms with van der Waals surface area (Å²) in [6, 6.07) is 7.00. The second-order valence-corrected chi connectivity index (χ2v) is 9.33. The Balaban J connectivity index is 0.000000572. The number of alkyl halides is 3. The van der Waals surface area contributed by atoms with E-state index in [1.54, 1.807) is 4.90 Å². The van der Waals surface area contributed by atoms with Crippen molar-refractivity contribution in [2.24, 2.45) is 11.7 Å². The van der Waals surface area contributed by atoms with Gasteiger partial charge in [-0.2, -0.15) is 13.2 Å². The first-order chi connectivity index (χ1) is 16.9. The molecule has 0 saturated carbocycles. The van der Waals surface area contributed by atoms with Gasteiger partial charge in [0.15, 0.2) is 5.01 Å². The summed E-state index contributed by atoms with van der Waals surface area (Å²) >= 11 is 1.35. The number of thiazole rings is 1. The number of piperidine rings is 1. The average molecular weight is 531 g/mol. The van der Waals surface area contributed by atoms with Crippen molar-refractivity contribution in [1.29, 1.82) is 0 Å². The third-order valence-electron chi connectivity index (χ3n) is 5.56. The predicted octanol–water partition coefficient (Wildman–Crippen LogP) is 2.98. The summed E-state index contributed by atoms with van der Waals surface area (Å²) in [5.41, 5.74) is 6.38. The number of fused-ring (bicyclic) bond motifs is 1. The SMILES string of the molecule is CC(=O)N1CCC[C@H](C(=O)N[C@H](CCCCN)C(=O)c2nc3ccccc3s2)C1.O=C(O)C(F)(F)F. The molecular weight excluding hydrogens is 501 g/mol. The number of ketones is 1. The van der Waals surface area contributed by atoms with Crippen molar-refractivity contribution in [2.75, 3.05) is 19.6 Å². The molecular formula is C23H29F3N4O5S. The number of Topliss-reactive ketones (excluding diaryl/α,β-unsaturated/α-hetero) is 1. The highest BCUT2D eigenvalue weighted by molar-refractivity contribution is 7.20. The lowest BCUT2D eigenvalue weighted by Gasteiger charge is -2.32. The number of para-hydroxylation sites is 1. The van der Waals surface area contributed by atoms with E-state index in [0.29, 0.717) is 31.1 Å². The first-order valence-corrected chi connectivity index (χ1v) is 12.2. The highest BCUT2D eigenvalue weighted by Gasteiger charge is 2.38. The lowest BCUT2D eigenvalue weighted by Crippen LogP contribution is -2.49. The standard InChI is InChI=1S/C21H28N4O3S.C2HF3O2/c1-14(26)25-12-6-7-15(13-25)20(28)23-17(9-4-5-11-22)19(27)21-24-16-8-2-3-10-18(16)29-21;3-2(4,5)1(6)7/h2-3,8,10,15,17H,4-7,9,11-13,22H2,1H3,(H,23,28);(H,6,7)/t15-,17+;/m0./s1. The zero-order chi connectivity index (χ0) is 26.9. The van der Waals surface area contributed by atoms with Crippen LogP contribution in [0.15, 0.2) is 24.3 Å². The van der Waals surface area contributed by atoms with E-state index < -0.39 is 18.2 Å². The summed E-state index contributed by atoms with van der Waals surface area (Å²) in [4.78, 5) is 52.7. The van der Waals surface area contributed by atoms with Crippen molar-refractivity contribution in [3.63, 3.8) is 0 Å². The van der Waals surface area contributed by atoms with Gasteiger partial charge in [-0.15, -0.1) is 11.3 Å². The maximum absolute atomic E-state index is 13.1. The molecule has 0 aliphatic carbocycles. The lowest BCUT2D eigenvalue weighted by atomic mass is 9.96. The molecule has 1 aliphatic rings. The van der Waals surface area contributed by atoms with E-state index in [1.165, 1.54) is 18.3 Å². The van der Waals surface area contributed by atoms with Crippen molar-refractivity contribution in [3.05, 3.63) is 29.3 Å². The number of unbranched alkanes of at least 4 members (excludes halogenated alkanes) is 1. The molecule has 36 heavy (non-hydrogen) atoms. The van der Waals surface area contributed by atoms with Gasteiger partial charge in [-0.3, -0.25) is 14.4 Å². The van der Waals surface area contributed by atoms with Crippen LogP contribution in [-0.2, 0) is 14.4 Å². The number of aliphatic carboxylic acids is 1. The normalized spacial score (nSPS) is 16.6. The third kappa shape index (κ3) is 8.55. The van der Waals surface area contributed by atoms with Crippen molar-refractivity contribution < 1.29 is 37.5 Å². The number of rotatable bonds is 8. The maximum Gasteiger partial charge on any atom is 0.490 e. The van der Waals surface area contributed by atoms with Crippen LogP contribution in [0.1, 0.15) is 48.8 Å². The Morgan fingerprint density at radius 2 is 1.92 bits per heavy atom. The molecule has 1 aromatic heterocycles. The largest absolute Gasteiger partial charge is 0.490 e. The Labute approximate surface area is 209 Å². The van der Waals surface area contributed by atoms with Crippen LogP contribution in [-0.4, -0.2) is 70.4 Å². The van der Waals surface area contributed by atoms with Gasteiger partial charge in [0, 0.05) is 20.0 Å². The van der Waals surface area contributed by atoms with E-state index in [0.717, 1.165) is 35.9 Å². The molecule has 0 spiro atoms. The van der Waals surface area contributed by atoms with Crippen molar-refractivity contribution >= 4 is 45.1 Å². The van der Waals surface area contributed by atoms with Crippen LogP contribution in [0, 0.1) is 5.92 Å². The minimum absolute atomic E-state index is 0.0208. The number of nitrogens with zero attached hydrogens (tertiary/aromatic N) is 2. The molecule has 0 bridgehead atoms. The van der Waals surface area contributed by atoms with Gasteiger partial charge >= 0.3 is 12.1 Å². The van der Waals surface area contributed by atoms with Gasteiger partial charge in [-0.25, -0.2) is 9.78 Å². The van der Waals surface area contributed by atoms with Gasteiger partial charge in [-0.1, -0.05) is 12.1 Å². The minimum atomic E-state index is -5.08. The zero-order valence-electron chi connectivity index (χ0n) is 19.7. The summed E-state index contributed by atoms with van der Waals surface area (Å²) in [6.45, 7) is 3.16. The number of nitrogens with two attached hydrogens (primary N) is 1. The molecule has 2 amide bonds. The summed E-state index contributed by atoms with van der Waals surface area (Å²) in [5.74, 6) is -3.38. The topological polar surface area (TPSA) is 143 Å². The average Bonchev–Trinajstić information content (AvgIpc) is 3.27. The number of hydrogen-bond acceptors (Lipinski definition) is 7. The molecule has 1 fully saturated rings. The molecule has 2 heterocycles. The highest BCUT2D eigenvalue weighted by Crippen LogP contribution is 2.24. The number of benzene rings is 1. The first kappa shape index (κ1) is 29.2. The van der Waals surface area contributed by atoms with Gasteiger partial charge in [0.05, 0.1) is 22.2 Å². The number of carbonyl (C=O) groups excluding carboxylic acids is 3. The number of halogens is 3. The number of hydrogen-bond donors (Lipinski definition) is 3. The first-order valence-electron chi connectivity index (χ1n) is 11.4. The molecule has 2 aromatic rings. The quantitative estimate of drug-likeness (QED) is 0.352. The van der Waals surface area contributed by atoms with Gasteiger partial charge in [-0.05, 0) is 50.8 Å². The van der Waals surface area contributed by atoms with E-state index in [9.17, 15) is 27.6 Å². The third-order valence-corrected chi connectivity index (χ3v) is 6.62. The molecule has 1 aliphatic heterocycles. The second kappa shape index (κ2) is 13.3. The second-order valence-electron chi connectivity index (χ2n) is 8.30. The molecule has 198 valence electrons. The summed E-state index contributed by atoms with van der Waals surface area (Å²) < 4.78 is 32.7. The Kier molecular flexibility index (Phi) is 10.8. The zero-order valence-corrected chi connectivity index (χ0v) is 20.5. The Bertz CT molecular complexity index is 1040. The number of carbonyl (C=O) groups is 4. The van der Waals surface area contributed by atoms with Crippen molar-refractivity contribution in [2.45, 2.75) is 51.2 Å². The van der Waals surface area contributed by atoms with Crippen LogP contribution in [0.4, 0.5) is 13.2 Å². The van der Waals surface area contributed by atoms with Crippen LogP contribution in [0.2, 0.25) is 0 Å². The Morgan fingerprint density at radius 1 is 1.25 bits per heavy atom. The maximum atomic E-state index is 13.1. The predicted molar refractivity (Wildman–Crippen MR) is 127 cm³/mol. The molecule has 4 N–H and O–H groups in total. The van der Waals surface area contributed by atoms with Crippen LogP contribution in [0.25, 0.3) is 10.2 Å². The summed E-state index contributed by atoms with van der Waals surface area (Å²) in [5, 5.41) is 10.5. The van der Waals surface area contributed by atoms with E-state index in [1.807, 2.05) is 24.3 Å². The Morgan fingerprint density at radius 3 is 2.50 bits per heavy atom. The molecule has 2 atom stereocenters. The monoisotopic (exact) mass is 530 g/mol. The van der Waals surface area contributed by atoms with Crippen LogP contribution in [0.3, 0.4) is 0 Å². The van der Waals surface area contributed by atoms with E-state index in [2.05, 4.69) is 10.3 Å². The van der Waals surface area contributed by atoms with Crippen LogP contribution >= 0.6 is 11.3 Å². The summed E-state index contributed by atoms with van der Waals surface area (Å²) in [6.07, 6.45) is -1.49. The molecule has 13 heteroatoms. The number of likely N-dealkylation sites (tertiary alicyclic amines) is 1. The fourth-order valence-corrected chi connectivity index (χ4v) is 4.62. The molecule has 1 saturated heterocycles. The van der Waals surface area contributed by atoms with Crippen LogP contribution in [0.5, 0.6) is 0 Å². The smallest absolute Gasteiger partial charge is 0.475 e. The van der Waals surface area contributed by atoms with Gasteiger partial charge < -0.3 is 21.1 Å². The fraction of sp³-hybridized carbons (Fsp3) is 0.522. The van der Waals surface area contributed by atoms with Crippen LogP contribution < -0.4 is 11.1 Å². The summed E-state index contributed by atoms with van der Waals surface area (Å²) in [7, 11) is 0. The van der Waals surface area contributed by atoms with E-state index >= 15 is 0 Å². The fourth-order valence-electron chi connectivity index (χ4n) is 3.65. The van der Waals surface area contributed by atoms with Gasteiger partial charge in [0.2, 0.25) is 17.6 Å². The molecule has 1 aromatic carbocycles. The molecule has 3 rings (SSSR count). The number of amides is 2. The van der Waals surface area contributed by atoms with E-state index in [4.69, 9.17) is 15.6 Å².